The Hall–Kier alpha value is -11.6. The van der Waals surface area contributed by atoms with Crippen molar-refractivity contribution in [2.45, 2.75) is 0 Å². The van der Waals surface area contributed by atoms with Crippen LogP contribution in [-0.4, -0.2) is 18.3 Å². The molecule has 13 aromatic carbocycles. The first kappa shape index (κ1) is 45.2. The minimum absolute atomic E-state index is 0.345. The van der Waals surface area contributed by atoms with Crippen LogP contribution in [0.15, 0.2) is 259 Å². The second-order valence-corrected chi connectivity index (χ2v) is 21.7. The Kier molecular flexibility index (Phi) is 9.23. The normalized spacial score (nSPS) is 12.1. The summed E-state index contributed by atoms with van der Waals surface area (Å²) >= 11 is 0. The van der Waals surface area contributed by atoms with Crippen molar-refractivity contribution < 1.29 is 4.42 Å². The van der Waals surface area contributed by atoms with Crippen molar-refractivity contribution in [2.24, 2.45) is 0 Å². The Labute approximate surface area is 473 Å². The highest BCUT2D eigenvalue weighted by Crippen LogP contribution is 2.51. The average molecular weight is 1060 g/mol. The van der Waals surface area contributed by atoms with E-state index in [9.17, 15) is 10.5 Å². The molecule has 7 heteroatoms. The van der Waals surface area contributed by atoms with E-state index in [1.165, 1.54) is 16.2 Å². The lowest BCUT2D eigenvalue weighted by Crippen LogP contribution is -2.17. The standard InChI is InChI=1S/C76H42N6O/c77-43-60-72(79-62-30-12-5-23-50(62)51-24-6-13-31-63(51)79)61(44-78)75(81-66-34-16-9-27-54(66)55-28-10-17-35-67(55)81)76(74(60)80-64-32-14-7-25-52(64)53-26-8-15-33-65(53)80)82-68-39-37-46(58-41-45-19-1-2-20-47(45)48-21-3-4-22-49(48)58)42-59(68)56-38-40-70-71(73(56)82)57-29-11-18-36-69(57)83-70/h1-42H. The van der Waals surface area contributed by atoms with Crippen molar-refractivity contribution in [1.29, 1.82) is 10.5 Å². The predicted octanol–water partition coefficient (Wildman–Crippen LogP) is 19.7. The van der Waals surface area contributed by atoms with Gasteiger partial charge in [-0.25, -0.2) is 0 Å². The molecule has 7 nitrogen and oxygen atoms in total. The van der Waals surface area contributed by atoms with Gasteiger partial charge in [0.1, 0.15) is 34.4 Å². The van der Waals surface area contributed by atoms with Crippen LogP contribution in [-0.2, 0) is 0 Å². The van der Waals surface area contributed by atoms with E-state index in [2.05, 4.69) is 261 Å². The van der Waals surface area contributed by atoms with Crippen molar-refractivity contribution in [3.05, 3.63) is 266 Å². The Balaban J connectivity index is 1.14. The molecule has 0 aliphatic carbocycles. The first-order valence-electron chi connectivity index (χ1n) is 28.0. The molecule has 5 aromatic heterocycles. The molecule has 0 aliphatic heterocycles. The molecule has 0 amide bonds. The van der Waals surface area contributed by atoms with Crippen LogP contribution >= 0.6 is 0 Å². The summed E-state index contributed by atoms with van der Waals surface area (Å²) in [6.45, 7) is 0. The van der Waals surface area contributed by atoms with Crippen LogP contribution in [0.5, 0.6) is 0 Å². The molecule has 0 saturated heterocycles. The zero-order valence-corrected chi connectivity index (χ0v) is 44.3. The molecular weight excluding hydrogens is 1010 g/mol. The summed E-state index contributed by atoms with van der Waals surface area (Å²) in [5, 5.41) is 40.2. The monoisotopic (exact) mass is 1050 g/mol. The topological polar surface area (TPSA) is 80.4 Å². The van der Waals surface area contributed by atoms with Gasteiger partial charge in [-0.15, -0.1) is 0 Å². The number of furan rings is 1. The summed E-state index contributed by atoms with van der Waals surface area (Å²) in [6.07, 6.45) is 0. The fourth-order valence-electron chi connectivity index (χ4n) is 14.3. The smallest absolute Gasteiger partial charge is 0.137 e. The summed E-state index contributed by atoms with van der Waals surface area (Å²) in [4.78, 5) is 0. The Bertz CT molecular complexity index is 5670. The Morgan fingerprint density at radius 3 is 1.19 bits per heavy atom. The van der Waals surface area contributed by atoms with Gasteiger partial charge >= 0.3 is 0 Å². The fourth-order valence-corrected chi connectivity index (χ4v) is 14.3. The molecule has 0 radical (unpaired) electrons. The molecule has 0 N–H and O–H groups in total. The molecule has 83 heavy (non-hydrogen) atoms. The maximum atomic E-state index is 12.7. The maximum Gasteiger partial charge on any atom is 0.137 e. The molecule has 18 rings (SSSR count). The highest BCUT2D eigenvalue weighted by molar-refractivity contribution is 6.26. The van der Waals surface area contributed by atoms with Gasteiger partial charge in [-0.05, 0) is 105 Å². The van der Waals surface area contributed by atoms with Gasteiger partial charge in [-0.3, -0.25) is 0 Å². The van der Waals surface area contributed by atoms with E-state index < -0.39 is 0 Å². The van der Waals surface area contributed by atoms with Gasteiger partial charge in [0, 0.05) is 48.5 Å². The third-order valence-electron chi connectivity index (χ3n) is 17.6. The van der Waals surface area contributed by atoms with E-state index in [0.717, 1.165) is 126 Å². The molecule has 382 valence electrons. The van der Waals surface area contributed by atoms with Gasteiger partial charge in [0.25, 0.3) is 0 Å². The fraction of sp³-hybridized carbons (Fsp3) is 0. The third-order valence-corrected chi connectivity index (χ3v) is 17.6. The number of hydrogen-bond donors (Lipinski definition) is 0. The number of nitriles is 2. The van der Waals surface area contributed by atoms with Gasteiger partial charge in [0.15, 0.2) is 0 Å². The first-order valence-corrected chi connectivity index (χ1v) is 28.0. The van der Waals surface area contributed by atoms with Crippen LogP contribution in [0.2, 0.25) is 0 Å². The summed E-state index contributed by atoms with van der Waals surface area (Å²) in [5.74, 6) is 0. The molecule has 0 aliphatic rings. The average Bonchev–Trinajstić information content (AvgIpc) is 1.71. The van der Waals surface area contributed by atoms with E-state index in [4.69, 9.17) is 4.42 Å². The molecule has 18 aromatic rings. The van der Waals surface area contributed by atoms with Gasteiger partial charge in [0.2, 0.25) is 0 Å². The molecule has 0 unspecified atom stereocenters. The molecule has 0 fully saturated rings. The molecule has 5 heterocycles. The lowest BCUT2D eigenvalue weighted by Gasteiger charge is -2.27. The number of aromatic nitrogens is 4. The summed E-state index contributed by atoms with van der Waals surface area (Å²) in [5.41, 5.74) is 14.0. The molecule has 0 bridgehead atoms. The van der Waals surface area contributed by atoms with Crippen molar-refractivity contribution in [2.75, 3.05) is 0 Å². The minimum Gasteiger partial charge on any atom is -0.456 e. The van der Waals surface area contributed by atoms with E-state index in [0.29, 0.717) is 33.9 Å². The summed E-state index contributed by atoms with van der Waals surface area (Å²) in [6, 6.07) is 95.6. The number of hydrogen-bond acceptors (Lipinski definition) is 3. The van der Waals surface area contributed by atoms with Crippen LogP contribution in [0.4, 0.5) is 0 Å². The van der Waals surface area contributed by atoms with Crippen LogP contribution in [0.25, 0.3) is 165 Å². The van der Waals surface area contributed by atoms with Crippen molar-refractivity contribution in [3.8, 4) is 46.0 Å². The van der Waals surface area contributed by atoms with Crippen molar-refractivity contribution in [3.63, 3.8) is 0 Å². The molecule has 0 saturated carbocycles. The van der Waals surface area contributed by atoms with Gasteiger partial charge < -0.3 is 22.7 Å². The quantitative estimate of drug-likeness (QED) is 0.161. The van der Waals surface area contributed by atoms with Gasteiger partial charge in [-0.1, -0.05) is 182 Å². The van der Waals surface area contributed by atoms with E-state index in [1.807, 2.05) is 24.3 Å². The van der Waals surface area contributed by atoms with E-state index in [-0.39, 0.29) is 0 Å². The zero-order chi connectivity index (χ0) is 54.6. The lowest BCUT2D eigenvalue weighted by atomic mass is 9.92. The number of nitrogens with zero attached hydrogens (tertiary/aromatic N) is 6. The van der Waals surface area contributed by atoms with Crippen LogP contribution in [0.1, 0.15) is 11.1 Å². The second-order valence-electron chi connectivity index (χ2n) is 21.7. The second kappa shape index (κ2) is 16.9. The molecular formula is C76H42N6O. The number of benzene rings is 13. The van der Waals surface area contributed by atoms with Crippen LogP contribution in [0.3, 0.4) is 0 Å². The molecule has 0 spiro atoms. The van der Waals surface area contributed by atoms with E-state index in [1.54, 1.807) is 0 Å². The zero-order valence-electron chi connectivity index (χ0n) is 44.3. The largest absolute Gasteiger partial charge is 0.456 e. The molecule has 0 atom stereocenters. The summed E-state index contributed by atoms with van der Waals surface area (Å²) < 4.78 is 16.0. The third kappa shape index (κ3) is 6.04. The summed E-state index contributed by atoms with van der Waals surface area (Å²) in [7, 11) is 0. The lowest BCUT2D eigenvalue weighted by molar-refractivity contribution is 0.669. The Morgan fingerprint density at radius 1 is 0.277 bits per heavy atom. The number of fused-ring (bicyclic) bond motifs is 19. The van der Waals surface area contributed by atoms with Gasteiger partial charge in [-0.2, -0.15) is 10.5 Å². The SMILES string of the molecule is N#Cc1c(-n2c3ccccc3c3ccccc32)c(C#N)c(-n2c3ccccc3c3ccccc32)c(-n2c3ccc(-c4cc5ccccc5c5ccccc45)cc3c3ccc4oc5ccccc5c4c32)c1-n1c2ccccc2c2ccccc21. The highest BCUT2D eigenvalue weighted by Gasteiger charge is 2.35. The van der Waals surface area contributed by atoms with Crippen molar-refractivity contribution in [1.82, 2.24) is 18.3 Å². The van der Waals surface area contributed by atoms with Gasteiger partial charge in [0.05, 0.1) is 72.3 Å². The Morgan fingerprint density at radius 2 is 0.687 bits per heavy atom. The first-order chi connectivity index (χ1) is 41.2. The number of rotatable bonds is 5. The maximum absolute atomic E-state index is 12.7. The predicted molar refractivity (Wildman–Crippen MR) is 341 cm³/mol. The van der Waals surface area contributed by atoms with Crippen molar-refractivity contribution >= 4 is 131 Å². The number of para-hydroxylation sites is 7. The highest BCUT2D eigenvalue weighted by atomic mass is 16.3. The van der Waals surface area contributed by atoms with Crippen LogP contribution < -0.4 is 0 Å². The van der Waals surface area contributed by atoms with Crippen LogP contribution in [0, 0.1) is 22.7 Å². The van der Waals surface area contributed by atoms with E-state index >= 15 is 0 Å². The minimum atomic E-state index is 0.345.